The van der Waals surface area contributed by atoms with Crippen LogP contribution in [-0.4, -0.2) is 21.7 Å². The van der Waals surface area contributed by atoms with Crippen molar-refractivity contribution in [2.24, 2.45) is 0 Å². The van der Waals surface area contributed by atoms with Crippen molar-refractivity contribution in [1.82, 2.24) is 14.6 Å². The van der Waals surface area contributed by atoms with Gasteiger partial charge in [0.1, 0.15) is 17.1 Å². The number of aromatic nitrogens is 3. The molecule has 0 amide bonds. The molecule has 126 valence electrons. The molecule has 0 spiro atoms. The lowest BCUT2D eigenvalue weighted by Crippen LogP contribution is -2.03. The zero-order chi connectivity index (χ0) is 17.6. The van der Waals surface area contributed by atoms with Gasteiger partial charge in [-0.15, -0.1) is 0 Å². The summed E-state index contributed by atoms with van der Waals surface area (Å²) in [5, 5.41) is 5.45. The number of rotatable bonds is 3. The molecule has 2 N–H and O–H groups in total. The SMILES string of the molecule is COc1cccc2c1nc(N)n1nc(Cc3cc(F)ccc3I)cc21. The van der Waals surface area contributed by atoms with E-state index in [1.807, 2.05) is 24.3 Å². The van der Waals surface area contributed by atoms with E-state index in [-0.39, 0.29) is 11.8 Å². The highest BCUT2D eigenvalue weighted by atomic mass is 127. The molecule has 4 aromatic rings. The van der Waals surface area contributed by atoms with Gasteiger partial charge in [0.25, 0.3) is 0 Å². The molecule has 0 atom stereocenters. The molecule has 0 bridgehead atoms. The Labute approximate surface area is 156 Å². The van der Waals surface area contributed by atoms with Crippen molar-refractivity contribution >= 4 is 45.0 Å². The van der Waals surface area contributed by atoms with E-state index in [0.717, 1.165) is 25.7 Å². The van der Waals surface area contributed by atoms with Crippen LogP contribution in [0.4, 0.5) is 10.3 Å². The predicted molar refractivity (Wildman–Crippen MR) is 103 cm³/mol. The molecule has 2 aromatic heterocycles. The summed E-state index contributed by atoms with van der Waals surface area (Å²) in [6.45, 7) is 0. The Morgan fingerprint density at radius 3 is 2.88 bits per heavy atom. The second-order valence-corrected chi connectivity index (χ2v) is 6.83. The van der Waals surface area contributed by atoms with Gasteiger partial charge in [-0.3, -0.25) is 0 Å². The number of para-hydroxylation sites is 1. The Hall–Kier alpha value is -2.42. The van der Waals surface area contributed by atoms with Gasteiger partial charge < -0.3 is 10.5 Å². The van der Waals surface area contributed by atoms with E-state index in [2.05, 4.69) is 32.7 Å². The average molecular weight is 448 g/mol. The summed E-state index contributed by atoms with van der Waals surface area (Å²) in [6, 6.07) is 12.4. The molecule has 2 aromatic carbocycles. The number of methoxy groups -OCH3 is 1. The van der Waals surface area contributed by atoms with Crippen molar-refractivity contribution < 1.29 is 9.13 Å². The summed E-state index contributed by atoms with van der Waals surface area (Å²) >= 11 is 2.20. The maximum absolute atomic E-state index is 13.5. The lowest BCUT2D eigenvalue weighted by Gasteiger charge is -2.07. The van der Waals surface area contributed by atoms with Gasteiger partial charge in [-0.2, -0.15) is 9.61 Å². The molecule has 5 nitrogen and oxygen atoms in total. The highest BCUT2D eigenvalue weighted by Gasteiger charge is 2.14. The van der Waals surface area contributed by atoms with Crippen LogP contribution in [0.5, 0.6) is 5.75 Å². The van der Waals surface area contributed by atoms with E-state index in [4.69, 9.17) is 10.5 Å². The number of hydrogen-bond donors (Lipinski definition) is 1. The van der Waals surface area contributed by atoms with Crippen LogP contribution in [0, 0.1) is 9.39 Å². The minimum absolute atomic E-state index is 0.254. The van der Waals surface area contributed by atoms with Crippen molar-refractivity contribution in [1.29, 1.82) is 0 Å². The highest BCUT2D eigenvalue weighted by Crippen LogP contribution is 2.29. The van der Waals surface area contributed by atoms with Gasteiger partial charge in [-0.1, -0.05) is 12.1 Å². The number of nitrogens with two attached hydrogens (primary N) is 1. The van der Waals surface area contributed by atoms with Crippen molar-refractivity contribution in [2.75, 3.05) is 12.8 Å². The fraction of sp³-hybridized carbons (Fsp3) is 0.111. The maximum Gasteiger partial charge on any atom is 0.222 e. The monoisotopic (exact) mass is 448 g/mol. The largest absolute Gasteiger partial charge is 0.494 e. The Morgan fingerprint density at radius 2 is 2.08 bits per heavy atom. The number of fused-ring (bicyclic) bond motifs is 3. The lowest BCUT2D eigenvalue weighted by atomic mass is 10.1. The lowest BCUT2D eigenvalue weighted by molar-refractivity contribution is 0.419. The molecule has 0 aliphatic rings. The average Bonchev–Trinajstić information content (AvgIpc) is 3.02. The number of anilines is 1. The molecule has 0 radical (unpaired) electrons. The van der Waals surface area contributed by atoms with Crippen molar-refractivity contribution in [3.63, 3.8) is 0 Å². The van der Waals surface area contributed by atoms with Crippen LogP contribution in [0.15, 0.2) is 42.5 Å². The minimum Gasteiger partial charge on any atom is -0.494 e. The minimum atomic E-state index is -0.254. The first kappa shape index (κ1) is 16.1. The van der Waals surface area contributed by atoms with Crippen molar-refractivity contribution in [2.45, 2.75) is 6.42 Å². The first-order valence-electron chi connectivity index (χ1n) is 7.61. The topological polar surface area (TPSA) is 65.4 Å². The molecule has 0 aliphatic heterocycles. The van der Waals surface area contributed by atoms with Gasteiger partial charge in [-0.25, -0.2) is 9.37 Å². The third-order valence-corrected chi connectivity index (χ3v) is 5.13. The molecule has 0 saturated carbocycles. The molecule has 7 heteroatoms. The van der Waals surface area contributed by atoms with Crippen molar-refractivity contribution in [3.8, 4) is 5.75 Å². The van der Waals surface area contributed by atoms with E-state index in [9.17, 15) is 4.39 Å². The summed E-state index contributed by atoms with van der Waals surface area (Å²) in [6.07, 6.45) is 0.516. The molecule has 25 heavy (non-hydrogen) atoms. The van der Waals surface area contributed by atoms with Gasteiger partial charge in [0.05, 0.1) is 18.3 Å². The number of halogens is 2. The van der Waals surface area contributed by atoms with Crippen LogP contribution in [0.3, 0.4) is 0 Å². The summed E-state index contributed by atoms with van der Waals surface area (Å²) in [7, 11) is 1.60. The normalized spacial score (nSPS) is 11.3. The zero-order valence-corrected chi connectivity index (χ0v) is 15.5. The summed E-state index contributed by atoms with van der Waals surface area (Å²) in [5.74, 6) is 0.692. The van der Waals surface area contributed by atoms with Crippen LogP contribution in [0.25, 0.3) is 16.4 Å². The molecule has 0 saturated heterocycles. The number of ether oxygens (including phenoxy) is 1. The van der Waals surface area contributed by atoms with Crippen LogP contribution < -0.4 is 10.5 Å². The molecule has 4 rings (SSSR count). The Morgan fingerprint density at radius 1 is 1.24 bits per heavy atom. The number of nitrogen functional groups attached to an aromatic ring is 1. The van der Waals surface area contributed by atoms with Gasteiger partial charge in [0.15, 0.2) is 0 Å². The Bertz CT molecular complexity index is 1110. The highest BCUT2D eigenvalue weighted by molar-refractivity contribution is 14.1. The van der Waals surface area contributed by atoms with Crippen LogP contribution >= 0.6 is 22.6 Å². The Kier molecular flexibility index (Phi) is 3.95. The van der Waals surface area contributed by atoms with Crippen LogP contribution in [0.1, 0.15) is 11.3 Å². The third kappa shape index (κ3) is 2.78. The fourth-order valence-electron chi connectivity index (χ4n) is 2.93. The molecular formula is C18H14FIN4O. The van der Waals surface area contributed by atoms with Gasteiger partial charge in [0.2, 0.25) is 5.95 Å². The number of nitrogens with zero attached hydrogens (tertiary/aromatic N) is 3. The second kappa shape index (κ2) is 6.14. The van der Waals surface area contributed by atoms with Gasteiger partial charge in [-0.05, 0) is 58.5 Å². The molecular weight excluding hydrogens is 434 g/mol. The first-order valence-corrected chi connectivity index (χ1v) is 8.69. The standard InChI is InChI=1S/C18H14FIN4O/c1-25-16-4-2-3-13-15-9-12(23-24(15)18(21)22-17(13)16)8-10-7-11(19)5-6-14(10)20/h2-7,9H,8H2,1H3,(H2,21,22). The van der Waals surface area contributed by atoms with E-state index in [1.54, 1.807) is 17.7 Å². The maximum atomic E-state index is 13.5. The van der Waals surface area contributed by atoms with Gasteiger partial charge in [0, 0.05) is 15.4 Å². The van der Waals surface area contributed by atoms with E-state index >= 15 is 0 Å². The number of benzene rings is 2. The smallest absolute Gasteiger partial charge is 0.222 e. The predicted octanol–water partition coefficient (Wildman–Crippen LogP) is 3.81. The van der Waals surface area contributed by atoms with E-state index in [0.29, 0.717) is 17.7 Å². The first-order chi connectivity index (χ1) is 12.1. The zero-order valence-electron chi connectivity index (χ0n) is 13.3. The summed E-state index contributed by atoms with van der Waals surface area (Å²) in [4.78, 5) is 4.42. The molecule has 0 unspecified atom stereocenters. The molecule has 0 fully saturated rings. The fourth-order valence-corrected chi connectivity index (χ4v) is 3.45. The quantitative estimate of drug-likeness (QED) is 0.485. The van der Waals surface area contributed by atoms with Gasteiger partial charge >= 0.3 is 0 Å². The van der Waals surface area contributed by atoms with E-state index < -0.39 is 0 Å². The van der Waals surface area contributed by atoms with Crippen LogP contribution in [0.2, 0.25) is 0 Å². The molecule has 0 aliphatic carbocycles. The number of hydrogen-bond acceptors (Lipinski definition) is 4. The van der Waals surface area contributed by atoms with Crippen molar-refractivity contribution in [3.05, 3.63) is 63.1 Å². The Balaban J connectivity index is 1.89. The van der Waals surface area contributed by atoms with Crippen LogP contribution in [-0.2, 0) is 6.42 Å². The third-order valence-electron chi connectivity index (χ3n) is 4.08. The summed E-state index contributed by atoms with van der Waals surface area (Å²) in [5.41, 5.74) is 9.31. The molecule has 2 heterocycles. The van der Waals surface area contributed by atoms with E-state index in [1.165, 1.54) is 12.1 Å². The second-order valence-electron chi connectivity index (χ2n) is 5.67. The summed E-state index contributed by atoms with van der Waals surface area (Å²) < 4.78 is 21.5.